The Morgan fingerprint density at radius 1 is 0.727 bits per heavy atom. The lowest BCUT2D eigenvalue weighted by atomic mass is 10.1. The largest absolute Gasteiger partial charge is 0.326 e. The highest BCUT2D eigenvalue weighted by atomic mass is 32.2. The monoisotopic (exact) mass is 466 g/mol. The van der Waals surface area contributed by atoms with Crippen LogP contribution in [0.1, 0.15) is 33.2 Å². The highest BCUT2D eigenvalue weighted by Gasteiger charge is 2.16. The minimum absolute atomic E-state index is 0.0915. The van der Waals surface area contributed by atoms with Crippen molar-refractivity contribution in [1.82, 2.24) is 10.3 Å². The molecule has 33 heavy (non-hydrogen) atoms. The van der Waals surface area contributed by atoms with E-state index in [9.17, 15) is 22.8 Å². The third-order valence-corrected chi connectivity index (χ3v) is 5.84. The first-order valence-corrected chi connectivity index (χ1v) is 11.3. The standard InChI is InChI=1S/C23H22N4O5S/c1-15-5-3-4-6-21(15)23(30)25-19-9-7-17(8-10-19)22(29)26-27-33(31,32)20-13-11-18(12-14-20)24-16(2)28/h3-14,27H,1-2H3,(H,24,28)(H,25,30)(H,26,29). The molecule has 9 nitrogen and oxygen atoms in total. The molecule has 0 bridgehead atoms. The van der Waals surface area contributed by atoms with Crippen molar-refractivity contribution in [2.24, 2.45) is 0 Å². The summed E-state index contributed by atoms with van der Waals surface area (Å²) >= 11 is 0. The molecular weight excluding hydrogens is 444 g/mol. The fourth-order valence-corrected chi connectivity index (χ4v) is 3.74. The quantitative estimate of drug-likeness (QED) is 0.397. The van der Waals surface area contributed by atoms with Gasteiger partial charge in [0, 0.05) is 29.4 Å². The predicted molar refractivity (Wildman–Crippen MR) is 124 cm³/mol. The SMILES string of the molecule is CC(=O)Nc1ccc(S(=O)(=O)NNC(=O)c2ccc(NC(=O)c3ccccc3C)cc2)cc1. The number of aryl methyl sites for hydroxylation is 1. The van der Waals surface area contributed by atoms with E-state index < -0.39 is 15.9 Å². The van der Waals surface area contributed by atoms with E-state index in [-0.39, 0.29) is 22.3 Å². The summed E-state index contributed by atoms with van der Waals surface area (Å²) in [6, 6.07) is 18.6. The van der Waals surface area contributed by atoms with Crippen molar-refractivity contribution < 1.29 is 22.8 Å². The minimum Gasteiger partial charge on any atom is -0.326 e. The maximum Gasteiger partial charge on any atom is 0.266 e. The third kappa shape index (κ3) is 6.25. The fourth-order valence-electron chi connectivity index (χ4n) is 2.90. The van der Waals surface area contributed by atoms with E-state index in [1.165, 1.54) is 43.3 Å². The molecule has 3 aromatic carbocycles. The topological polar surface area (TPSA) is 133 Å². The van der Waals surface area contributed by atoms with E-state index in [0.717, 1.165) is 5.56 Å². The molecule has 10 heteroatoms. The molecule has 0 saturated carbocycles. The van der Waals surface area contributed by atoms with Crippen LogP contribution in [0.5, 0.6) is 0 Å². The zero-order valence-corrected chi connectivity index (χ0v) is 18.7. The predicted octanol–water partition coefficient (Wildman–Crippen LogP) is 2.83. The number of rotatable bonds is 7. The molecule has 0 heterocycles. The maximum atomic E-state index is 12.4. The van der Waals surface area contributed by atoms with Crippen LogP contribution in [0.4, 0.5) is 11.4 Å². The van der Waals surface area contributed by atoms with Crippen molar-refractivity contribution in [1.29, 1.82) is 0 Å². The van der Waals surface area contributed by atoms with Gasteiger partial charge in [-0.25, -0.2) is 8.42 Å². The van der Waals surface area contributed by atoms with E-state index in [0.29, 0.717) is 16.9 Å². The molecule has 0 saturated heterocycles. The van der Waals surface area contributed by atoms with Gasteiger partial charge in [-0.1, -0.05) is 18.2 Å². The number of carbonyl (C=O) groups is 3. The summed E-state index contributed by atoms with van der Waals surface area (Å²) in [4.78, 5) is 37.7. The molecule has 3 amide bonds. The van der Waals surface area contributed by atoms with Crippen molar-refractivity contribution in [2.75, 3.05) is 10.6 Å². The maximum absolute atomic E-state index is 12.4. The number of anilines is 2. The van der Waals surface area contributed by atoms with Gasteiger partial charge in [0.1, 0.15) is 0 Å². The number of sulfonamides is 1. The Morgan fingerprint density at radius 3 is 1.91 bits per heavy atom. The van der Waals surface area contributed by atoms with E-state index in [1.807, 2.05) is 23.9 Å². The highest BCUT2D eigenvalue weighted by molar-refractivity contribution is 7.89. The van der Waals surface area contributed by atoms with E-state index >= 15 is 0 Å². The molecule has 4 N–H and O–H groups in total. The van der Waals surface area contributed by atoms with Crippen LogP contribution in [0.2, 0.25) is 0 Å². The first kappa shape index (κ1) is 23.6. The second kappa shape index (κ2) is 10.1. The average Bonchev–Trinajstić information content (AvgIpc) is 2.78. The Hall–Kier alpha value is -4.02. The summed E-state index contributed by atoms with van der Waals surface area (Å²) in [6.45, 7) is 3.17. The number of hydrogen-bond acceptors (Lipinski definition) is 5. The van der Waals surface area contributed by atoms with Crippen LogP contribution in [0.3, 0.4) is 0 Å². The molecular formula is C23H22N4O5S. The van der Waals surface area contributed by atoms with Crippen LogP contribution in [-0.2, 0) is 14.8 Å². The Bertz CT molecular complexity index is 1290. The number of hydrazine groups is 1. The van der Waals surface area contributed by atoms with Gasteiger partial charge >= 0.3 is 0 Å². The van der Waals surface area contributed by atoms with E-state index in [1.54, 1.807) is 24.3 Å². The molecule has 170 valence electrons. The molecule has 0 aliphatic rings. The molecule has 0 atom stereocenters. The van der Waals surface area contributed by atoms with Crippen LogP contribution in [0.25, 0.3) is 0 Å². The second-order valence-electron chi connectivity index (χ2n) is 7.11. The van der Waals surface area contributed by atoms with Crippen molar-refractivity contribution in [3.63, 3.8) is 0 Å². The van der Waals surface area contributed by atoms with Crippen LogP contribution in [0, 0.1) is 6.92 Å². The summed E-state index contributed by atoms with van der Waals surface area (Å²) in [5.41, 5.74) is 4.64. The molecule has 3 aromatic rings. The Balaban J connectivity index is 1.59. The van der Waals surface area contributed by atoms with Gasteiger partial charge < -0.3 is 10.6 Å². The lowest BCUT2D eigenvalue weighted by molar-refractivity contribution is -0.114. The molecule has 0 fully saturated rings. The van der Waals surface area contributed by atoms with Gasteiger partial charge in [0.05, 0.1) is 4.90 Å². The molecule has 0 aromatic heterocycles. The molecule has 0 unspecified atom stereocenters. The molecule has 0 aliphatic heterocycles. The molecule has 0 spiro atoms. The number of carbonyl (C=O) groups excluding carboxylic acids is 3. The summed E-state index contributed by atoms with van der Waals surface area (Å²) in [5, 5.41) is 5.28. The van der Waals surface area contributed by atoms with Gasteiger partial charge in [0.15, 0.2) is 0 Å². The normalized spacial score (nSPS) is 10.8. The van der Waals surface area contributed by atoms with E-state index in [2.05, 4.69) is 16.1 Å². The van der Waals surface area contributed by atoms with Gasteiger partial charge in [-0.05, 0) is 67.1 Å². The molecule has 0 radical (unpaired) electrons. The Labute approximate surface area is 191 Å². The summed E-state index contributed by atoms with van der Waals surface area (Å²) in [6.07, 6.45) is 0. The lowest BCUT2D eigenvalue weighted by Crippen LogP contribution is -2.41. The molecule has 3 rings (SSSR count). The first-order valence-electron chi connectivity index (χ1n) is 9.82. The number of amides is 3. The summed E-state index contributed by atoms with van der Waals surface area (Å²) in [5.74, 6) is -1.23. The summed E-state index contributed by atoms with van der Waals surface area (Å²) in [7, 11) is -4.02. The minimum atomic E-state index is -4.02. The Kier molecular flexibility index (Phi) is 7.21. The second-order valence-corrected chi connectivity index (χ2v) is 8.79. The van der Waals surface area contributed by atoms with Crippen molar-refractivity contribution in [3.8, 4) is 0 Å². The lowest BCUT2D eigenvalue weighted by Gasteiger charge is -2.10. The van der Waals surface area contributed by atoms with Crippen molar-refractivity contribution in [3.05, 3.63) is 89.5 Å². The van der Waals surface area contributed by atoms with Crippen LogP contribution >= 0.6 is 0 Å². The smallest absolute Gasteiger partial charge is 0.266 e. The zero-order chi connectivity index (χ0) is 24.0. The van der Waals surface area contributed by atoms with E-state index in [4.69, 9.17) is 0 Å². The van der Waals surface area contributed by atoms with Crippen molar-refractivity contribution in [2.45, 2.75) is 18.7 Å². The first-order chi connectivity index (χ1) is 15.7. The van der Waals surface area contributed by atoms with Gasteiger partial charge in [0.2, 0.25) is 5.91 Å². The van der Waals surface area contributed by atoms with Crippen LogP contribution < -0.4 is 20.9 Å². The average molecular weight is 467 g/mol. The Morgan fingerprint density at radius 2 is 1.30 bits per heavy atom. The number of benzene rings is 3. The number of hydrogen-bond donors (Lipinski definition) is 4. The van der Waals surface area contributed by atoms with Gasteiger partial charge in [-0.3, -0.25) is 19.8 Å². The third-order valence-electron chi connectivity index (χ3n) is 4.58. The fraction of sp³-hybridized carbons (Fsp3) is 0.0870. The van der Waals surface area contributed by atoms with Crippen molar-refractivity contribution >= 4 is 39.1 Å². The van der Waals surface area contributed by atoms with Crippen LogP contribution in [-0.4, -0.2) is 26.1 Å². The number of nitrogens with one attached hydrogen (secondary N) is 4. The van der Waals surface area contributed by atoms with Gasteiger partial charge in [-0.15, -0.1) is 4.83 Å². The highest BCUT2D eigenvalue weighted by Crippen LogP contribution is 2.15. The zero-order valence-electron chi connectivity index (χ0n) is 17.9. The van der Waals surface area contributed by atoms with Gasteiger partial charge in [0.25, 0.3) is 21.8 Å². The molecule has 0 aliphatic carbocycles. The van der Waals surface area contributed by atoms with Gasteiger partial charge in [-0.2, -0.15) is 0 Å². The van der Waals surface area contributed by atoms with Crippen LogP contribution in [0.15, 0.2) is 77.7 Å². The summed E-state index contributed by atoms with van der Waals surface area (Å²) < 4.78 is 24.8.